The molecule has 0 aliphatic rings. The highest BCUT2D eigenvalue weighted by Gasteiger charge is 2.37. The molecule has 0 saturated carbocycles. The second-order valence-corrected chi connectivity index (χ2v) is 5.76. The van der Waals surface area contributed by atoms with E-state index >= 15 is 0 Å². The van der Waals surface area contributed by atoms with Crippen LogP contribution in [0.15, 0.2) is 17.0 Å². The molecule has 0 bridgehead atoms. The molecule has 0 fully saturated rings. The molecule has 0 spiro atoms. The maximum atomic E-state index is 13.5. The summed E-state index contributed by atoms with van der Waals surface area (Å²) >= 11 is 0. The smallest absolute Gasteiger partial charge is 0.396 e. The molecule has 0 aliphatic carbocycles. The van der Waals surface area contributed by atoms with Crippen molar-refractivity contribution in [2.45, 2.75) is 18.0 Å². The number of hydrogen-bond donors (Lipinski definition) is 1. The zero-order chi connectivity index (χ0) is 15.7. The van der Waals surface area contributed by atoms with Gasteiger partial charge >= 0.3 is 6.18 Å². The minimum Gasteiger partial charge on any atom is -0.396 e. The Balaban J connectivity index is 3.31. The Morgan fingerprint density at radius 2 is 1.75 bits per heavy atom. The summed E-state index contributed by atoms with van der Waals surface area (Å²) in [6.45, 7) is -1.14. The summed E-state index contributed by atoms with van der Waals surface area (Å²) in [4.78, 5) is -1.09. The molecule has 20 heavy (non-hydrogen) atoms. The quantitative estimate of drug-likeness (QED) is 0.683. The lowest BCUT2D eigenvalue weighted by Gasteiger charge is -2.22. The van der Waals surface area contributed by atoms with Crippen LogP contribution in [0.1, 0.15) is 6.92 Å². The van der Waals surface area contributed by atoms with Crippen LogP contribution < -0.4 is 5.73 Å². The third-order valence-electron chi connectivity index (χ3n) is 2.38. The molecule has 0 radical (unpaired) electrons. The summed E-state index contributed by atoms with van der Waals surface area (Å²) in [5.41, 5.74) is 4.44. The molecule has 0 saturated heterocycles. The molecule has 0 amide bonds. The maximum Gasteiger partial charge on any atom is 0.402 e. The third-order valence-corrected chi connectivity index (χ3v) is 4.31. The third kappa shape index (κ3) is 3.57. The van der Waals surface area contributed by atoms with Crippen molar-refractivity contribution in [2.75, 3.05) is 18.8 Å². The molecule has 0 unspecified atom stereocenters. The highest BCUT2D eigenvalue weighted by atomic mass is 32.2. The topological polar surface area (TPSA) is 63.4 Å². The molecular formula is C10H11F5N2O2S. The van der Waals surface area contributed by atoms with Crippen LogP contribution in [0, 0.1) is 11.6 Å². The second-order valence-electron chi connectivity index (χ2n) is 3.85. The van der Waals surface area contributed by atoms with Gasteiger partial charge in [0.1, 0.15) is 23.1 Å². The molecule has 2 N–H and O–H groups in total. The van der Waals surface area contributed by atoms with Crippen molar-refractivity contribution in [3.8, 4) is 0 Å². The molecule has 1 aromatic rings. The van der Waals surface area contributed by atoms with Gasteiger partial charge in [0.25, 0.3) is 0 Å². The minimum atomic E-state index is -4.79. The number of alkyl halides is 3. The predicted octanol–water partition coefficient (Wildman–Crippen LogP) is 2.12. The summed E-state index contributed by atoms with van der Waals surface area (Å²) in [6, 6.07) is 0.669. The van der Waals surface area contributed by atoms with Crippen LogP contribution >= 0.6 is 0 Å². The highest BCUT2D eigenvalue weighted by Crippen LogP contribution is 2.26. The number of halogens is 5. The fraction of sp³-hybridized carbons (Fsp3) is 0.400. The number of anilines is 1. The van der Waals surface area contributed by atoms with Gasteiger partial charge in [0.05, 0.1) is 5.69 Å². The van der Waals surface area contributed by atoms with Gasteiger partial charge in [-0.1, -0.05) is 6.92 Å². The van der Waals surface area contributed by atoms with Crippen LogP contribution in [0.4, 0.5) is 27.6 Å². The first-order valence-corrected chi connectivity index (χ1v) is 6.74. The number of benzene rings is 1. The summed E-state index contributed by atoms with van der Waals surface area (Å²) < 4.78 is 87.2. The van der Waals surface area contributed by atoms with Gasteiger partial charge in [-0.3, -0.25) is 0 Å². The van der Waals surface area contributed by atoms with Crippen molar-refractivity contribution < 1.29 is 30.4 Å². The van der Waals surface area contributed by atoms with E-state index in [1.54, 1.807) is 0 Å². The molecule has 1 aromatic carbocycles. The van der Waals surface area contributed by atoms with Crippen LogP contribution in [-0.4, -0.2) is 32.0 Å². The van der Waals surface area contributed by atoms with E-state index in [1.807, 2.05) is 0 Å². The minimum absolute atomic E-state index is 0.0305. The Kier molecular flexibility index (Phi) is 4.59. The second kappa shape index (κ2) is 5.52. The zero-order valence-electron chi connectivity index (χ0n) is 10.2. The molecule has 10 heteroatoms. The summed E-state index contributed by atoms with van der Waals surface area (Å²) in [5, 5.41) is 0. The van der Waals surface area contributed by atoms with E-state index in [1.165, 1.54) is 0 Å². The molecule has 0 aliphatic heterocycles. The van der Waals surface area contributed by atoms with E-state index in [2.05, 4.69) is 0 Å². The van der Waals surface area contributed by atoms with Crippen molar-refractivity contribution in [3.63, 3.8) is 0 Å². The maximum absolute atomic E-state index is 13.5. The fourth-order valence-corrected chi connectivity index (χ4v) is 2.96. The number of rotatable bonds is 4. The lowest BCUT2D eigenvalue weighted by atomic mass is 10.3. The summed E-state index contributed by atoms with van der Waals surface area (Å²) in [5.74, 6) is -2.70. The summed E-state index contributed by atoms with van der Waals surface area (Å²) in [6.07, 6.45) is -4.79. The number of nitrogens with two attached hydrogens (primary N) is 1. The standard InChI is InChI=1S/C10H11F5N2O2S/c1-2-17(5-10(13,14)15)20(18,19)9-4-8(16)6(11)3-7(9)12/h3-4H,2,5,16H2,1H3. The van der Waals surface area contributed by atoms with Crippen molar-refractivity contribution in [2.24, 2.45) is 0 Å². The lowest BCUT2D eigenvalue weighted by Crippen LogP contribution is -2.39. The number of sulfonamides is 1. The highest BCUT2D eigenvalue weighted by molar-refractivity contribution is 7.89. The van der Waals surface area contributed by atoms with Crippen LogP contribution in [0.3, 0.4) is 0 Å². The molecular weight excluding hydrogens is 307 g/mol. The van der Waals surface area contributed by atoms with Crippen LogP contribution in [0.5, 0.6) is 0 Å². The number of nitrogen functional groups attached to an aromatic ring is 1. The van der Waals surface area contributed by atoms with Crippen molar-refractivity contribution in [3.05, 3.63) is 23.8 Å². The van der Waals surface area contributed by atoms with Gasteiger partial charge in [-0.05, 0) is 6.07 Å². The average Bonchev–Trinajstić information content (AvgIpc) is 2.29. The largest absolute Gasteiger partial charge is 0.402 e. The Hall–Kier alpha value is -1.42. The van der Waals surface area contributed by atoms with Crippen molar-refractivity contribution in [1.29, 1.82) is 0 Å². The van der Waals surface area contributed by atoms with E-state index in [0.29, 0.717) is 6.07 Å². The van der Waals surface area contributed by atoms with E-state index in [4.69, 9.17) is 5.73 Å². The van der Waals surface area contributed by atoms with Gasteiger partial charge in [-0.15, -0.1) is 0 Å². The van der Waals surface area contributed by atoms with Crippen LogP contribution in [-0.2, 0) is 10.0 Å². The first-order valence-electron chi connectivity index (χ1n) is 5.30. The zero-order valence-corrected chi connectivity index (χ0v) is 11.0. The van der Waals surface area contributed by atoms with Crippen LogP contribution in [0.2, 0.25) is 0 Å². The van der Waals surface area contributed by atoms with E-state index in [9.17, 15) is 30.4 Å². The molecule has 0 heterocycles. The summed E-state index contributed by atoms with van der Waals surface area (Å²) in [7, 11) is -4.76. The molecule has 0 atom stereocenters. The predicted molar refractivity (Wildman–Crippen MR) is 61.3 cm³/mol. The molecule has 4 nitrogen and oxygen atoms in total. The lowest BCUT2D eigenvalue weighted by molar-refractivity contribution is -0.135. The van der Waals surface area contributed by atoms with E-state index in [-0.39, 0.29) is 10.4 Å². The van der Waals surface area contributed by atoms with Crippen molar-refractivity contribution >= 4 is 15.7 Å². The number of nitrogens with zero attached hydrogens (tertiary/aromatic N) is 1. The van der Waals surface area contributed by atoms with Crippen LogP contribution in [0.25, 0.3) is 0 Å². The normalized spacial score (nSPS) is 12.9. The fourth-order valence-electron chi connectivity index (χ4n) is 1.45. The molecule has 114 valence electrons. The van der Waals surface area contributed by atoms with Gasteiger partial charge in [0.2, 0.25) is 10.0 Å². The van der Waals surface area contributed by atoms with E-state index in [0.717, 1.165) is 6.92 Å². The first kappa shape index (κ1) is 16.6. The molecule has 1 rings (SSSR count). The average molecular weight is 318 g/mol. The Labute approximate surface area is 112 Å². The van der Waals surface area contributed by atoms with Crippen molar-refractivity contribution in [1.82, 2.24) is 4.31 Å². The Bertz CT molecular complexity index is 600. The van der Waals surface area contributed by atoms with E-state index < -0.39 is 51.5 Å². The van der Waals surface area contributed by atoms with Gasteiger partial charge < -0.3 is 5.73 Å². The SMILES string of the molecule is CCN(CC(F)(F)F)S(=O)(=O)c1cc(N)c(F)cc1F. The first-order chi connectivity index (χ1) is 8.99. The number of hydrogen-bond acceptors (Lipinski definition) is 3. The van der Waals surface area contributed by atoms with Gasteiger partial charge in [-0.2, -0.15) is 17.5 Å². The van der Waals surface area contributed by atoms with Gasteiger partial charge in [0, 0.05) is 12.6 Å². The molecule has 0 aromatic heterocycles. The van der Waals surface area contributed by atoms with Gasteiger partial charge in [-0.25, -0.2) is 17.2 Å². The monoisotopic (exact) mass is 318 g/mol. The van der Waals surface area contributed by atoms with Gasteiger partial charge in [0.15, 0.2) is 0 Å². The Morgan fingerprint density at radius 1 is 1.20 bits per heavy atom. The Morgan fingerprint density at radius 3 is 2.20 bits per heavy atom.